The number of benzene rings is 2. The molecule has 0 bridgehead atoms. The number of hydrogen-bond acceptors (Lipinski definition) is 3. The zero-order valence-electron chi connectivity index (χ0n) is 11.6. The van der Waals surface area contributed by atoms with Gasteiger partial charge in [0.15, 0.2) is 0 Å². The van der Waals surface area contributed by atoms with Crippen LogP contribution in [0.25, 0.3) is 10.6 Å². The molecule has 1 aliphatic carbocycles. The maximum atomic E-state index is 4.39. The molecule has 3 aromatic rings. The van der Waals surface area contributed by atoms with Crippen LogP contribution < -0.4 is 5.32 Å². The largest absolute Gasteiger partial charge is 0.378 e. The van der Waals surface area contributed by atoms with Gasteiger partial charge in [0.25, 0.3) is 0 Å². The second-order valence-electron chi connectivity index (χ2n) is 5.35. The molecule has 0 spiro atoms. The average molecular weight is 292 g/mol. The highest BCUT2D eigenvalue weighted by Crippen LogP contribution is 2.34. The first-order chi connectivity index (χ1) is 10.4. The number of anilines is 1. The first kappa shape index (κ1) is 12.6. The lowest BCUT2D eigenvalue weighted by atomic mass is 10.1. The highest BCUT2D eigenvalue weighted by Gasteiger charge is 2.21. The Balaban J connectivity index is 1.60. The summed E-state index contributed by atoms with van der Waals surface area (Å²) >= 11 is 1.68. The quantitative estimate of drug-likeness (QED) is 0.742. The Hall–Kier alpha value is -2.13. The summed E-state index contributed by atoms with van der Waals surface area (Å²) in [4.78, 5) is 4.39. The summed E-state index contributed by atoms with van der Waals surface area (Å²) in [6.07, 6.45) is 4.19. The minimum absolute atomic E-state index is 0.424. The molecule has 21 heavy (non-hydrogen) atoms. The normalized spacial score (nSPS) is 16.7. The number of thiazole rings is 1. The van der Waals surface area contributed by atoms with Crippen LogP contribution in [0.2, 0.25) is 0 Å². The number of fused-ring (bicyclic) bond motifs is 1. The number of aryl methyl sites for hydroxylation is 1. The monoisotopic (exact) mass is 292 g/mol. The van der Waals surface area contributed by atoms with Crippen molar-refractivity contribution in [3.8, 4) is 10.6 Å². The van der Waals surface area contributed by atoms with Crippen molar-refractivity contribution in [1.29, 1.82) is 0 Å². The van der Waals surface area contributed by atoms with Gasteiger partial charge in [-0.1, -0.05) is 36.4 Å². The van der Waals surface area contributed by atoms with Crippen LogP contribution in [0.4, 0.5) is 5.69 Å². The Labute approximate surface area is 128 Å². The summed E-state index contributed by atoms with van der Waals surface area (Å²) in [5.74, 6) is 0. The predicted molar refractivity (Wildman–Crippen MR) is 88.7 cm³/mol. The minimum atomic E-state index is 0.424. The minimum Gasteiger partial charge on any atom is -0.378 e. The SMILES string of the molecule is c1cc(NC2CCc3ccccc32)cc(-c2nccs2)c1. The molecule has 3 heteroatoms. The number of nitrogens with one attached hydrogen (secondary N) is 1. The molecule has 2 nitrogen and oxygen atoms in total. The average Bonchev–Trinajstić information content (AvgIpc) is 3.18. The number of rotatable bonds is 3. The third-order valence-corrected chi connectivity index (χ3v) is 4.84. The van der Waals surface area contributed by atoms with Gasteiger partial charge >= 0.3 is 0 Å². The summed E-state index contributed by atoms with van der Waals surface area (Å²) < 4.78 is 0. The lowest BCUT2D eigenvalue weighted by Crippen LogP contribution is -2.06. The fourth-order valence-electron chi connectivity index (χ4n) is 3.02. The molecule has 0 fully saturated rings. The van der Waals surface area contributed by atoms with Gasteiger partial charge in [0, 0.05) is 22.8 Å². The summed E-state index contributed by atoms with van der Waals surface area (Å²) in [7, 11) is 0. The molecule has 1 unspecified atom stereocenters. The van der Waals surface area contributed by atoms with Crippen molar-refractivity contribution in [2.24, 2.45) is 0 Å². The molecule has 1 N–H and O–H groups in total. The van der Waals surface area contributed by atoms with Crippen molar-refractivity contribution < 1.29 is 0 Å². The Kier molecular flexibility index (Phi) is 3.20. The van der Waals surface area contributed by atoms with Crippen molar-refractivity contribution in [3.05, 3.63) is 71.2 Å². The highest BCUT2D eigenvalue weighted by molar-refractivity contribution is 7.13. The van der Waals surface area contributed by atoms with E-state index >= 15 is 0 Å². The second kappa shape index (κ2) is 5.34. The molecule has 0 saturated carbocycles. The Morgan fingerprint density at radius 3 is 2.95 bits per heavy atom. The van der Waals surface area contributed by atoms with Crippen molar-refractivity contribution in [2.75, 3.05) is 5.32 Å². The third-order valence-electron chi connectivity index (χ3n) is 4.02. The van der Waals surface area contributed by atoms with Crippen LogP contribution in [-0.4, -0.2) is 4.98 Å². The Morgan fingerprint density at radius 1 is 1.10 bits per heavy atom. The van der Waals surface area contributed by atoms with E-state index in [1.807, 2.05) is 11.6 Å². The molecule has 0 radical (unpaired) electrons. The lowest BCUT2D eigenvalue weighted by Gasteiger charge is -2.16. The summed E-state index contributed by atoms with van der Waals surface area (Å²) in [5.41, 5.74) is 5.27. The smallest absolute Gasteiger partial charge is 0.123 e. The molecule has 4 rings (SSSR count). The number of nitrogens with zero attached hydrogens (tertiary/aromatic N) is 1. The van der Waals surface area contributed by atoms with E-state index in [-0.39, 0.29) is 0 Å². The van der Waals surface area contributed by atoms with Gasteiger partial charge in [0.2, 0.25) is 0 Å². The van der Waals surface area contributed by atoms with Gasteiger partial charge in [-0.2, -0.15) is 0 Å². The van der Waals surface area contributed by atoms with Crippen molar-refractivity contribution in [2.45, 2.75) is 18.9 Å². The number of aromatic nitrogens is 1. The van der Waals surface area contributed by atoms with Crippen LogP contribution in [0, 0.1) is 0 Å². The van der Waals surface area contributed by atoms with Crippen LogP contribution in [0.15, 0.2) is 60.1 Å². The van der Waals surface area contributed by atoms with E-state index in [0.717, 1.165) is 5.01 Å². The van der Waals surface area contributed by atoms with Crippen molar-refractivity contribution >= 4 is 17.0 Å². The standard InChI is InChI=1S/C18H16N2S/c1-2-7-16-13(4-1)8-9-17(16)20-15-6-3-5-14(12-15)18-19-10-11-21-18/h1-7,10-12,17,20H,8-9H2. The molecular formula is C18H16N2S. The van der Waals surface area contributed by atoms with Gasteiger partial charge in [0.1, 0.15) is 5.01 Å². The summed E-state index contributed by atoms with van der Waals surface area (Å²) in [5, 5.41) is 6.77. The highest BCUT2D eigenvalue weighted by atomic mass is 32.1. The maximum Gasteiger partial charge on any atom is 0.123 e. The van der Waals surface area contributed by atoms with E-state index in [4.69, 9.17) is 0 Å². The van der Waals surface area contributed by atoms with E-state index < -0.39 is 0 Å². The molecular weight excluding hydrogens is 276 g/mol. The Bertz CT molecular complexity index is 749. The third kappa shape index (κ3) is 2.45. The topological polar surface area (TPSA) is 24.9 Å². The predicted octanol–water partition coefficient (Wildman–Crippen LogP) is 4.91. The van der Waals surface area contributed by atoms with Gasteiger partial charge in [0.05, 0.1) is 6.04 Å². The molecule has 1 atom stereocenters. The van der Waals surface area contributed by atoms with Crippen LogP contribution >= 0.6 is 11.3 Å². The summed E-state index contributed by atoms with van der Waals surface area (Å²) in [6, 6.07) is 17.7. The maximum absolute atomic E-state index is 4.39. The fraction of sp³-hybridized carbons (Fsp3) is 0.167. The van der Waals surface area contributed by atoms with E-state index in [1.165, 1.54) is 35.2 Å². The number of hydrogen-bond donors (Lipinski definition) is 1. The van der Waals surface area contributed by atoms with Crippen molar-refractivity contribution in [1.82, 2.24) is 4.98 Å². The molecule has 104 valence electrons. The second-order valence-corrected chi connectivity index (χ2v) is 6.25. The lowest BCUT2D eigenvalue weighted by molar-refractivity contribution is 0.762. The van der Waals surface area contributed by atoms with Crippen LogP contribution in [0.5, 0.6) is 0 Å². The van der Waals surface area contributed by atoms with Gasteiger partial charge in [-0.15, -0.1) is 11.3 Å². The van der Waals surface area contributed by atoms with Crippen molar-refractivity contribution in [3.63, 3.8) is 0 Å². The van der Waals surface area contributed by atoms with E-state index in [9.17, 15) is 0 Å². The van der Waals surface area contributed by atoms with E-state index in [2.05, 4.69) is 58.8 Å². The van der Waals surface area contributed by atoms with Crippen LogP contribution in [-0.2, 0) is 6.42 Å². The zero-order valence-corrected chi connectivity index (χ0v) is 12.4. The molecule has 1 heterocycles. The van der Waals surface area contributed by atoms with Gasteiger partial charge in [-0.3, -0.25) is 0 Å². The van der Waals surface area contributed by atoms with Gasteiger partial charge in [-0.05, 0) is 36.1 Å². The zero-order chi connectivity index (χ0) is 14.1. The van der Waals surface area contributed by atoms with Crippen LogP contribution in [0.1, 0.15) is 23.6 Å². The summed E-state index contributed by atoms with van der Waals surface area (Å²) in [6.45, 7) is 0. The molecule has 2 aromatic carbocycles. The molecule has 0 amide bonds. The molecule has 1 aromatic heterocycles. The van der Waals surface area contributed by atoms with E-state index in [1.54, 1.807) is 11.3 Å². The Morgan fingerprint density at radius 2 is 2.05 bits per heavy atom. The van der Waals surface area contributed by atoms with E-state index in [0.29, 0.717) is 6.04 Å². The fourth-order valence-corrected chi connectivity index (χ4v) is 3.65. The molecule has 0 saturated heterocycles. The molecule has 0 aliphatic heterocycles. The molecule has 1 aliphatic rings. The van der Waals surface area contributed by atoms with Gasteiger partial charge in [-0.25, -0.2) is 4.98 Å². The first-order valence-electron chi connectivity index (χ1n) is 7.24. The van der Waals surface area contributed by atoms with Crippen LogP contribution in [0.3, 0.4) is 0 Å². The first-order valence-corrected chi connectivity index (χ1v) is 8.12. The van der Waals surface area contributed by atoms with Gasteiger partial charge < -0.3 is 5.32 Å².